The third kappa shape index (κ3) is 3.89. The maximum atomic E-state index is 4.99. The smallest absolute Gasteiger partial charge is 0.167 e. The van der Waals surface area contributed by atoms with Gasteiger partial charge in [0.2, 0.25) is 0 Å². The first-order valence-corrected chi connectivity index (χ1v) is 11.9. The van der Waals surface area contributed by atoms with Crippen LogP contribution in [0, 0.1) is 0 Å². The molecule has 0 unspecified atom stereocenters. The minimum atomic E-state index is 0.914. The molecule has 6 heteroatoms. The molecule has 150 valence electrons. The molecule has 0 atom stereocenters. The summed E-state index contributed by atoms with van der Waals surface area (Å²) in [6, 6.07) is 18.6. The van der Waals surface area contributed by atoms with Gasteiger partial charge in [0.1, 0.15) is 10.8 Å². The molecular formula is C24H21BrN4S. The fourth-order valence-corrected chi connectivity index (χ4v) is 5.03. The first-order chi connectivity index (χ1) is 14.8. The van der Waals surface area contributed by atoms with Crippen molar-refractivity contribution in [2.75, 3.05) is 0 Å². The number of rotatable bonds is 4. The molecule has 0 fully saturated rings. The van der Waals surface area contributed by atoms with Crippen molar-refractivity contribution in [2.45, 2.75) is 32.2 Å². The molecule has 1 aliphatic heterocycles. The van der Waals surface area contributed by atoms with Gasteiger partial charge in [-0.05, 0) is 30.5 Å². The Morgan fingerprint density at radius 1 is 0.967 bits per heavy atom. The number of nitrogens with zero attached hydrogens (tertiary/aromatic N) is 4. The number of fused-ring (bicyclic) bond motifs is 1. The SMILES string of the molecule is Brc1ccccc1/C=C(\c1nc(-c2ccccc2)cs1)c1nnc2n1CCCCC2. The summed E-state index contributed by atoms with van der Waals surface area (Å²) in [5.41, 5.74) is 4.24. The molecule has 0 saturated heterocycles. The Labute approximate surface area is 188 Å². The summed E-state index contributed by atoms with van der Waals surface area (Å²) < 4.78 is 3.34. The molecule has 0 radical (unpaired) electrons. The molecule has 2 aromatic carbocycles. The van der Waals surface area contributed by atoms with Crippen LogP contribution in [0.25, 0.3) is 22.9 Å². The highest BCUT2D eigenvalue weighted by atomic mass is 79.9. The first-order valence-electron chi connectivity index (χ1n) is 10.2. The predicted molar refractivity (Wildman–Crippen MR) is 126 cm³/mol. The zero-order valence-electron chi connectivity index (χ0n) is 16.5. The number of thiazole rings is 1. The van der Waals surface area contributed by atoms with Crippen molar-refractivity contribution in [1.82, 2.24) is 19.7 Å². The van der Waals surface area contributed by atoms with E-state index in [0.717, 1.165) is 62.9 Å². The molecule has 0 N–H and O–H groups in total. The average molecular weight is 477 g/mol. The molecule has 0 saturated carbocycles. The molecule has 1 aliphatic rings. The lowest BCUT2D eigenvalue weighted by Crippen LogP contribution is -2.06. The second kappa shape index (κ2) is 8.66. The summed E-state index contributed by atoms with van der Waals surface area (Å²) >= 11 is 5.34. The maximum Gasteiger partial charge on any atom is 0.167 e. The monoisotopic (exact) mass is 476 g/mol. The Morgan fingerprint density at radius 3 is 2.67 bits per heavy atom. The van der Waals surface area contributed by atoms with E-state index < -0.39 is 0 Å². The zero-order valence-corrected chi connectivity index (χ0v) is 18.9. The van der Waals surface area contributed by atoms with E-state index >= 15 is 0 Å². The second-order valence-corrected chi connectivity index (χ2v) is 9.10. The lowest BCUT2D eigenvalue weighted by atomic mass is 10.1. The highest BCUT2D eigenvalue weighted by Gasteiger charge is 2.21. The lowest BCUT2D eigenvalue weighted by molar-refractivity contribution is 0.627. The van der Waals surface area contributed by atoms with E-state index in [4.69, 9.17) is 4.98 Å². The normalized spacial score (nSPS) is 14.4. The maximum absolute atomic E-state index is 4.99. The van der Waals surface area contributed by atoms with Gasteiger partial charge in [-0.2, -0.15) is 0 Å². The second-order valence-electron chi connectivity index (χ2n) is 7.39. The molecule has 5 rings (SSSR count). The fourth-order valence-electron chi connectivity index (χ4n) is 3.79. The fraction of sp³-hybridized carbons (Fsp3) is 0.208. The minimum absolute atomic E-state index is 0.914. The van der Waals surface area contributed by atoms with Gasteiger partial charge in [0.05, 0.1) is 11.3 Å². The van der Waals surface area contributed by atoms with Crippen LogP contribution in [-0.4, -0.2) is 19.7 Å². The summed E-state index contributed by atoms with van der Waals surface area (Å²) in [5.74, 6) is 2.00. The first kappa shape index (κ1) is 19.4. The van der Waals surface area contributed by atoms with Gasteiger partial charge in [0, 0.05) is 28.4 Å². The standard InChI is InChI=1S/C24H21BrN4S/c25-20-12-7-6-11-18(20)15-19(23-28-27-22-13-5-2-8-14-29(22)23)24-26-21(16-30-24)17-9-3-1-4-10-17/h1,3-4,6-7,9-12,15-16H,2,5,8,13-14H2/b19-15-. The number of benzene rings is 2. The van der Waals surface area contributed by atoms with Gasteiger partial charge in [-0.1, -0.05) is 70.9 Å². The highest BCUT2D eigenvalue weighted by molar-refractivity contribution is 9.10. The van der Waals surface area contributed by atoms with Crippen LogP contribution in [0.1, 0.15) is 41.5 Å². The van der Waals surface area contributed by atoms with Gasteiger partial charge in [0.25, 0.3) is 0 Å². The molecule has 0 spiro atoms. The number of hydrogen-bond donors (Lipinski definition) is 0. The number of hydrogen-bond acceptors (Lipinski definition) is 4. The van der Waals surface area contributed by atoms with Crippen molar-refractivity contribution in [3.05, 3.63) is 86.7 Å². The summed E-state index contributed by atoms with van der Waals surface area (Å²) in [4.78, 5) is 4.99. The third-order valence-electron chi connectivity index (χ3n) is 5.36. The molecule has 2 aromatic heterocycles. The predicted octanol–water partition coefficient (Wildman–Crippen LogP) is 6.48. The van der Waals surface area contributed by atoms with E-state index in [1.54, 1.807) is 11.3 Å². The van der Waals surface area contributed by atoms with E-state index in [1.165, 1.54) is 12.8 Å². The third-order valence-corrected chi connectivity index (χ3v) is 6.96. The van der Waals surface area contributed by atoms with Gasteiger partial charge in [-0.3, -0.25) is 0 Å². The van der Waals surface area contributed by atoms with Crippen molar-refractivity contribution in [3.63, 3.8) is 0 Å². The van der Waals surface area contributed by atoms with Crippen LogP contribution in [0.4, 0.5) is 0 Å². The van der Waals surface area contributed by atoms with Gasteiger partial charge >= 0.3 is 0 Å². The summed E-state index contributed by atoms with van der Waals surface area (Å²) in [5, 5.41) is 12.2. The quantitative estimate of drug-likeness (QED) is 0.338. The van der Waals surface area contributed by atoms with E-state index in [1.807, 2.05) is 24.3 Å². The Balaban J connectivity index is 1.64. The molecule has 4 aromatic rings. The minimum Gasteiger partial charge on any atom is -0.311 e. The van der Waals surface area contributed by atoms with Crippen molar-refractivity contribution in [3.8, 4) is 11.3 Å². The number of halogens is 1. The van der Waals surface area contributed by atoms with E-state index in [-0.39, 0.29) is 0 Å². The Bertz CT molecular complexity index is 1190. The van der Waals surface area contributed by atoms with Crippen LogP contribution in [0.2, 0.25) is 0 Å². The van der Waals surface area contributed by atoms with E-state index in [9.17, 15) is 0 Å². The average Bonchev–Trinajstić information content (AvgIpc) is 3.36. The van der Waals surface area contributed by atoms with Gasteiger partial charge in [-0.15, -0.1) is 21.5 Å². The highest BCUT2D eigenvalue weighted by Crippen LogP contribution is 2.33. The molecule has 0 bridgehead atoms. The van der Waals surface area contributed by atoms with Crippen molar-refractivity contribution in [1.29, 1.82) is 0 Å². The summed E-state index contributed by atoms with van der Waals surface area (Å²) in [6.07, 6.45) is 6.74. The van der Waals surface area contributed by atoms with Gasteiger partial charge in [0.15, 0.2) is 5.82 Å². The van der Waals surface area contributed by atoms with Crippen LogP contribution >= 0.6 is 27.3 Å². The summed E-state index contributed by atoms with van der Waals surface area (Å²) in [7, 11) is 0. The Hall–Kier alpha value is -2.57. The summed E-state index contributed by atoms with van der Waals surface area (Å²) in [6.45, 7) is 0.960. The van der Waals surface area contributed by atoms with Crippen LogP contribution in [0.3, 0.4) is 0 Å². The molecular weight excluding hydrogens is 456 g/mol. The largest absolute Gasteiger partial charge is 0.311 e. The van der Waals surface area contributed by atoms with Crippen molar-refractivity contribution < 1.29 is 0 Å². The Kier molecular flexibility index (Phi) is 5.60. The Morgan fingerprint density at radius 2 is 1.80 bits per heavy atom. The van der Waals surface area contributed by atoms with E-state index in [0.29, 0.717) is 0 Å². The molecule has 0 aliphatic carbocycles. The molecule has 3 heterocycles. The van der Waals surface area contributed by atoms with Crippen molar-refractivity contribution >= 4 is 38.9 Å². The van der Waals surface area contributed by atoms with Crippen LogP contribution in [0.5, 0.6) is 0 Å². The number of aryl methyl sites for hydroxylation is 1. The topological polar surface area (TPSA) is 43.6 Å². The zero-order chi connectivity index (χ0) is 20.3. The van der Waals surface area contributed by atoms with Crippen LogP contribution in [0.15, 0.2) is 64.5 Å². The molecule has 0 amide bonds. The van der Waals surface area contributed by atoms with Crippen LogP contribution < -0.4 is 0 Å². The van der Waals surface area contributed by atoms with Gasteiger partial charge in [-0.25, -0.2) is 4.98 Å². The lowest BCUT2D eigenvalue weighted by Gasteiger charge is -2.09. The number of aromatic nitrogens is 4. The molecule has 4 nitrogen and oxygen atoms in total. The van der Waals surface area contributed by atoms with Crippen molar-refractivity contribution in [2.24, 2.45) is 0 Å². The van der Waals surface area contributed by atoms with Gasteiger partial charge < -0.3 is 4.57 Å². The van der Waals surface area contributed by atoms with Crippen LogP contribution in [-0.2, 0) is 13.0 Å². The van der Waals surface area contributed by atoms with E-state index in [2.05, 4.69) is 72.5 Å². The molecule has 30 heavy (non-hydrogen) atoms.